The Morgan fingerprint density at radius 1 is 0.959 bits per heavy atom. The number of rotatable bonds is 11. The first kappa shape index (κ1) is 33.2. The van der Waals surface area contributed by atoms with E-state index in [-0.39, 0.29) is 30.8 Å². The van der Waals surface area contributed by atoms with Gasteiger partial charge in [-0.05, 0) is 61.6 Å². The third-order valence-corrected chi connectivity index (χ3v) is 8.89. The molecule has 6 rings (SSSR count). The molecule has 2 N–H and O–H groups in total. The molecule has 49 heavy (non-hydrogen) atoms. The third-order valence-electron chi connectivity index (χ3n) is 8.89. The average Bonchev–Trinajstić information content (AvgIpc) is 3.74. The van der Waals surface area contributed by atoms with E-state index in [9.17, 15) is 19.6 Å². The third kappa shape index (κ3) is 7.10. The highest BCUT2D eigenvalue weighted by Gasteiger charge is 2.31. The van der Waals surface area contributed by atoms with Gasteiger partial charge in [0.25, 0.3) is 5.91 Å². The molecule has 1 unspecified atom stereocenters. The molecular weight excluding hydrogens is 628 g/mol. The van der Waals surface area contributed by atoms with Gasteiger partial charge in [-0.25, -0.2) is 4.79 Å². The molecule has 1 atom stereocenters. The molecule has 1 aromatic carbocycles. The summed E-state index contributed by atoms with van der Waals surface area (Å²) in [5.41, 5.74) is 5.12. The summed E-state index contributed by atoms with van der Waals surface area (Å²) in [4.78, 5) is 37.8. The van der Waals surface area contributed by atoms with Gasteiger partial charge in [-0.15, -0.1) is 0 Å². The van der Waals surface area contributed by atoms with Crippen molar-refractivity contribution in [3.63, 3.8) is 0 Å². The van der Waals surface area contributed by atoms with Gasteiger partial charge in [0.1, 0.15) is 11.4 Å². The molecule has 13 nitrogen and oxygen atoms in total. The molecule has 2 amide bonds. The maximum Gasteiger partial charge on any atom is 0.354 e. The van der Waals surface area contributed by atoms with Crippen molar-refractivity contribution in [1.82, 2.24) is 13.7 Å². The quantitative estimate of drug-likeness (QED) is 0.0955. The summed E-state index contributed by atoms with van der Waals surface area (Å²) in [6.45, 7) is 0.956. The minimum atomic E-state index is -0.416. The molecule has 3 aromatic heterocycles. The number of hydroxylamine groups is 1. The van der Waals surface area contributed by atoms with E-state index in [1.807, 2.05) is 35.2 Å². The summed E-state index contributed by atoms with van der Waals surface area (Å²) in [6.07, 6.45) is 12.6. The van der Waals surface area contributed by atoms with Crippen molar-refractivity contribution in [3.8, 4) is 22.6 Å². The van der Waals surface area contributed by atoms with Crippen LogP contribution in [0, 0.1) is 11.1 Å². The lowest BCUT2D eigenvalue weighted by Crippen LogP contribution is -2.18. The number of amides is 2. The number of fused-ring (bicyclic) bond motifs is 2. The van der Waals surface area contributed by atoms with E-state index in [1.54, 1.807) is 67.0 Å². The number of allylic oxidation sites excluding steroid dienone is 2. The SMILES string of the molecule is COC(=O)c1cc(-c2ccc(NC(=O)c3cc(NC(=O)CCCOc4cn5c(c4OC)C=[N+]([O-])C4=CCCCC4C5)cn3C)cc2)cn1C. The second-order valence-electron chi connectivity index (χ2n) is 12.2. The monoisotopic (exact) mass is 668 g/mol. The molecule has 0 saturated heterocycles. The molecule has 0 bridgehead atoms. The number of benzene rings is 1. The van der Waals surface area contributed by atoms with Gasteiger partial charge in [-0.1, -0.05) is 12.1 Å². The molecule has 4 aromatic rings. The van der Waals surface area contributed by atoms with Crippen molar-refractivity contribution in [2.24, 2.45) is 20.0 Å². The number of anilines is 2. The first-order valence-corrected chi connectivity index (χ1v) is 16.2. The van der Waals surface area contributed by atoms with Crippen LogP contribution in [-0.2, 0) is 30.2 Å². The molecule has 13 heteroatoms. The maximum atomic E-state index is 13.1. The molecule has 1 aliphatic heterocycles. The number of methoxy groups -OCH3 is 2. The second-order valence-corrected chi connectivity index (χ2v) is 12.2. The fraction of sp³-hybridized carbons (Fsp3) is 0.333. The Morgan fingerprint density at radius 2 is 1.73 bits per heavy atom. The largest absolute Gasteiger partial charge is 0.618 e. The van der Waals surface area contributed by atoms with Gasteiger partial charge in [-0.2, -0.15) is 4.74 Å². The number of aromatic nitrogens is 3. The number of nitrogens with zero attached hydrogens (tertiary/aromatic N) is 4. The lowest BCUT2D eigenvalue weighted by Gasteiger charge is -2.20. The fourth-order valence-corrected chi connectivity index (χ4v) is 6.39. The van der Waals surface area contributed by atoms with Gasteiger partial charge in [0.05, 0.1) is 38.6 Å². The van der Waals surface area contributed by atoms with Gasteiger partial charge in [-0.3, -0.25) is 9.59 Å². The van der Waals surface area contributed by atoms with Crippen LogP contribution in [0.25, 0.3) is 11.1 Å². The Balaban J connectivity index is 1.00. The Kier molecular flexibility index (Phi) is 9.61. The second kappa shape index (κ2) is 14.2. The number of carbonyl (C=O) groups excluding carboxylic acids is 3. The predicted octanol–water partition coefficient (Wildman–Crippen LogP) is 5.30. The van der Waals surface area contributed by atoms with Gasteiger partial charge in [0, 0.05) is 50.7 Å². The summed E-state index contributed by atoms with van der Waals surface area (Å²) in [6, 6.07) is 10.7. The number of ether oxygens (including phenoxy) is 3. The van der Waals surface area contributed by atoms with Crippen LogP contribution in [0.4, 0.5) is 11.4 Å². The van der Waals surface area contributed by atoms with Crippen LogP contribution < -0.4 is 20.1 Å². The van der Waals surface area contributed by atoms with Gasteiger partial charge < -0.3 is 43.8 Å². The fourth-order valence-electron chi connectivity index (χ4n) is 6.39. The number of hydrogen-bond donors (Lipinski definition) is 2. The highest BCUT2D eigenvalue weighted by Crippen LogP contribution is 2.37. The molecule has 256 valence electrons. The minimum Gasteiger partial charge on any atom is -0.618 e. The smallest absolute Gasteiger partial charge is 0.354 e. The van der Waals surface area contributed by atoms with Crippen LogP contribution in [-0.4, -0.2) is 63.3 Å². The number of nitrogens with one attached hydrogen (secondary N) is 2. The topological polar surface area (TPSA) is 144 Å². The first-order chi connectivity index (χ1) is 23.6. The minimum absolute atomic E-state index is 0.152. The van der Waals surface area contributed by atoms with E-state index in [4.69, 9.17) is 14.2 Å². The van der Waals surface area contributed by atoms with Crippen LogP contribution >= 0.6 is 0 Å². The zero-order valence-electron chi connectivity index (χ0n) is 28.0. The van der Waals surface area contributed by atoms with Gasteiger partial charge >= 0.3 is 5.97 Å². The maximum absolute atomic E-state index is 13.1. The molecular formula is C36H40N6O7. The van der Waals surface area contributed by atoms with Crippen molar-refractivity contribution in [1.29, 1.82) is 0 Å². The van der Waals surface area contributed by atoms with Crippen molar-refractivity contribution < 1.29 is 33.3 Å². The number of aryl methyl sites for hydroxylation is 2. The van der Waals surface area contributed by atoms with E-state index in [0.29, 0.717) is 52.9 Å². The van der Waals surface area contributed by atoms with E-state index in [2.05, 4.69) is 10.6 Å². The Hall–Kier alpha value is -5.72. The Labute approximate surface area is 284 Å². The predicted molar refractivity (Wildman–Crippen MR) is 184 cm³/mol. The van der Waals surface area contributed by atoms with Gasteiger partial charge in [0.2, 0.25) is 12.1 Å². The highest BCUT2D eigenvalue weighted by atomic mass is 16.5. The number of carbonyl (C=O) groups is 3. The van der Waals surface area contributed by atoms with E-state index in [1.165, 1.54) is 7.11 Å². The lowest BCUT2D eigenvalue weighted by atomic mass is 9.92. The number of esters is 1. The van der Waals surface area contributed by atoms with Crippen molar-refractivity contribution in [3.05, 3.63) is 89.1 Å². The van der Waals surface area contributed by atoms with Gasteiger partial charge in [0.15, 0.2) is 22.9 Å². The summed E-state index contributed by atoms with van der Waals surface area (Å²) >= 11 is 0. The van der Waals surface area contributed by atoms with Crippen LogP contribution in [0.1, 0.15) is 58.8 Å². The molecule has 1 aliphatic carbocycles. The zero-order valence-corrected chi connectivity index (χ0v) is 28.0. The zero-order chi connectivity index (χ0) is 34.7. The summed E-state index contributed by atoms with van der Waals surface area (Å²) in [5, 5.41) is 18.6. The van der Waals surface area contributed by atoms with Crippen molar-refractivity contribution in [2.45, 2.75) is 38.6 Å². The van der Waals surface area contributed by atoms with Crippen molar-refractivity contribution >= 4 is 35.4 Å². The molecule has 0 spiro atoms. The molecule has 4 heterocycles. The van der Waals surface area contributed by atoms with Crippen LogP contribution in [0.5, 0.6) is 11.5 Å². The lowest BCUT2D eigenvalue weighted by molar-refractivity contribution is -0.406. The normalized spacial score (nSPS) is 15.2. The van der Waals surface area contributed by atoms with E-state index >= 15 is 0 Å². The summed E-state index contributed by atoms with van der Waals surface area (Å²) in [7, 11) is 6.40. The molecule has 2 aliphatic rings. The van der Waals surface area contributed by atoms with Crippen LogP contribution in [0.2, 0.25) is 0 Å². The Morgan fingerprint density at radius 3 is 2.49 bits per heavy atom. The average molecular weight is 669 g/mol. The first-order valence-electron chi connectivity index (χ1n) is 16.2. The van der Waals surface area contributed by atoms with Crippen LogP contribution in [0.3, 0.4) is 0 Å². The van der Waals surface area contributed by atoms with E-state index in [0.717, 1.165) is 40.8 Å². The number of hydrogen-bond acceptors (Lipinski definition) is 7. The molecule has 0 saturated carbocycles. The standard InChI is InChI=1S/C36H40N6O7/c1-39-18-25(16-30(39)36(45)48-4)23-11-13-26(14-12-23)38-35(44)29-17-27(20-40(29)2)37-33(43)10-7-15-49-32-22-41-19-24-8-5-6-9-28(24)42(46)21-31(41)34(32)47-3/h9,11-14,16-18,20-22,24H,5-8,10,15,19H2,1-4H3,(H,37,43)(H,38,44). The summed E-state index contributed by atoms with van der Waals surface area (Å²) in [5.74, 6) is 0.234. The van der Waals surface area contributed by atoms with Crippen molar-refractivity contribution in [2.75, 3.05) is 31.5 Å². The highest BCUT2D eigenvalue weighted by molar-refractivity contribution is 6.04. The summed E-state index contributed by atoms with van der Waals surface area (Å²) < 4.78 is 22.8. The molecule has 0 fully saturated rings. The Bertz CT molecular complexity index is 1950. The van der Waals surface area contributed by atoms with E-state index < -0.39 is 5.97 Å². The molecule has 0 radical (unpaired) electrons. The van der Waals surface area contributed by atoms with Crippen LogP contribution in [0.15, 0.2) is 66.8 Å².